The van der Waals surface area contributed by atoms with Gasteiger partial charge in [-0.3, -0.25) is 19.2 Å². The van der Waals surface area contributed by atoms with Crippen LogP contribution < -0.4 is 16.0 Å². The van der Waals surface area contributed by atoms with Crippen molar-refractivity contribution in [2.45, 2.75) is 112 Å². The summed E-state index contributed by atoms with van der Waals surface area (Å²) in [6.45, 7) is 18.9. The van der Waals surface area contributed by atoms with Gasteiger partial charge in [0.05, 0.1) is 12.1 Å². The number of hydrogen-bond acceptors (Lipinski definition) is 6. The Morgan fingerprint density at radius 3 is 1.87 bits per heavy atom. The standard InChI is InChI=1S/C34H54N4O7/c1-19(2)25(18-22(5)29(41)36-24(32(44)45)13-14-26(39)40)38(12)31(43)28(33(6,7)8)37-30(42)27(35-11)34(9,10)23-16-20(3)15-21(4)17-23/h15-19,24-25,27-28,35H,13-14H2,1-12H3,(H,36,41)(H,37,42)(H,39,40)(H,44,45)/b22-18+/t24-,25-,27-,28?/m1/s1. The number of aryl methyl sites for hydroxylation is 2. The molecule has 11 nitrogen and oxygen atoms in total. The predicted octanol–water partition coefficient (Wildman–Crippen LogP) is 3.56. The Morgan fingerprint density at radius 1 is 0.911 bits per heavy atom. The number of benzene rings is 1. The van der Waals surface area contributed by atoms with E-state index in [-0.39, 0.29) is 29.7 Å². The Hall–Kier alpha value is -3.73. The first-order valence-corrected chi connectivity index (χ1v) is 15.3. The molecular formula is C34H54N4O7. The van der Waals surface area contributed by atoms with Crippen LogP contribution in [0.3, 0.4) is 0 Å². The van der Waals surface area contributed by atoms with Crippen LogP contribution in [0.2, 0.25) is 0 Å². The van der Waals surface area contributed by atoms with Gasteiger partial charge in [0.2, 0.25) is 17.7 Å². The van der Waals surface area contributed by atoms with Gasteiger partial charge in [-0.15, -0.1) is 0 Å². The Balaban J connectivity index is 3.33. The number of carbonyl (C=O) groups is 5. The Bertz CT molecular complexity index is 1260. The molecule has 5 N–H and O–H groups in total. The molecule has 0 aliphatic rings. The third-order valence-electron chi connectivity index (χ3n) is 8.14. The summed E-state index contributed by atoms with van der Waals surface area (Å²) in [5.74, 6) is -3.99. The van der Waals surface area contributed by atoms with Crippen molar-refractivity contribution < 1.29 is 34.2 Å². The van der Waals surface area contributed by atoms with Gasteiger partial charge in [0.1, 0.15) is 12.1 Å². The van der Waals surface area contributed by atoms with Crippen LogP contribution in [0.5, 0.6) is 0 Å². The maximum absolute atomic E-state index is 14.1. The van der Waals surface area contributed by atoms with Gasteiger partial charge in [0, 0.05) is 24.5 Å². The molecular weight excluding hydrogens is 576 g/mol. The molecule has 0 aliphatic carbocycles. The Morgan fingerprint density at radius 2 is 1.44 bits per heavy atom. The van der Waals surface area contributed by atoms with Gasteiger partial charge in [0.15, 0.2) is 0 Å². The van der Waals surface area contributed by atoms with Crippen molar-refractivity contribution in [3.8, 4) is 0 Å². The van der Waals surface area contributed by atoms with Crippen LogP contribution in [-0.4, -0.2) is 83.0 Å². The number of nitrogens with one attached hydrogen (secondary N) is 3. The summed E-state index contributed by atoms with van der Waals surface area (Å²) in [5, 5.41) is 26.9. The van der Waals surface area contributed by atoms with Crippen molar-refractivity contribution >= 4 is 29.7 Å². The van der Waals surface area contributed by atoms with Crippen molar-refractivity contribution in [3.05, 3.63) is 46.5 Å². The number of likely N-dealkylation sites (N-methyl/N-ethyl adjacent to an activating group) is 2. The lowest BCUT2D eigenvalue weighted by molar-refractivity contribution is -0.142. The van der Waals surface area contributed by atoms with Gasteiger partial charge < -0.3 is 31.1 Å². The van der Waals surface area contributed by atoms with E-state index >= 15 is 0 Å². The topological polar surface area (TPSA) is 165 Å². The number of carbonyl (C=O) groups excluding carboxylic acids is 3. The fourth-order valence-corrected chi connectivity index (χ4v) is 5.44. The molecule has 0 radical (unpaired) electrons. The molecule has 1 aromatic carbocycles. The molecule has 3 amide bonds. The minimum Gasteiger partial charge on any atom is -0.481 e. The van der Waals surface area contributed by atoms with Gasteiger partial charge in [-0.25, -0.2) is 4.79 Å². The molecule has 11 heteroatoms. The first-order valence-electron chi connectivity index (χ1n) is 15.3. The van der Waals surface area contributed by atoms with Gasteiger partial charge in [-0.05, 0) is 51.1 Å². The highest BCUT2D eigenvalue weighted by atomic mass is 16.4. The first kappa shape index (κ1) is 39.3. The summed E-state index contributed by atoms with van der Waals surface area (Å²) < 4.78 is 0. The molecule has 0 aliphatic heterocycles. The van der Waals surface area contributed by atoms with Crippen LogP contribution in [0, 0.1) is 25.2 Å². The summed E-state index contributed by atoms with van der Waals surface area (Å²) >= 11 is 0. The second-order valence-electron chi connectivity index (χ2n) is 14.0. The van der Waals surface area contributed by atoms with Crippen LogP contribution >= 0.6 is 0 Å². The lowest BCUT2D eigenvalue weighted by atomic mass is 9.76. The Labute approximate surface area is 268 Å². The molecule has 0 fully saturated rings. The number of amides is 3. The Kier molecular flexibility index (Phi) is 14.0. The molecule has 1 unspecified atom stereocenters. The van der Waals surface area contributed by atoms with Crippen LogP contribution in [0.1, 0.15) is 84.9 Å². The summed E-state index contributed by atoms with van der Waals surface area (Å²) in [6, 6.07) is 2.70. The molecule has 0 spiro atoms. The highest BCUT2D eigenvalue weighted by Gasteiger charge is 2.41. The fraction of sp³-hybridized carbons (Fsp3) is 0.618. The van der Waals surface area contributed by atoms with E-state index < -0.39 is 59.3 Å². The van der Waals surface area contributed by atoms with E-state index in [9.17, 15) is 29.1 Å². The molecule has 0 heterocycles. The van der Waals surface area contributed by atoms with Gasteiger partial charge >= 0.3 is 11.9 Å². The number of carboxylic acids is 2. The monoisotopic (exact) mass is 630 g/mol. The van der Waals surface area contributed by atoms with Crippen LogP contribution in [0.25, 0.3) is 0 Å². The second-order valence-corrected chi connectivity index (χ2v) is 14.0. The predicted molar refractivity (Wildman–Crippen MR) is 175 cm³/mol. The number of hydrogen-bond donors (Lipinski definition) is 5. The van der Waals surface area contributed by atoms with Crippen LogP contribution in [-0.2, 0) is 29.4 Å². The largest absolute Gasteiger partial charge is 0.481 e. The van der Waals surface area contributed by atoms with Gasteiger partial charge in [0.25, 0.3) is 0 Å². The minimum absolute atomic E-state index is 0.145. The summed E-state index contributed by atoms with van der Waals surface area (Å²) in [4.78, 5) is 64.8. The number of aliphatic carboxylic acids is 2. The van der Waals surface area contributed by atoms with E-state index in [0.717, 1.165) is 16.7 Å². The van der Waals surface area contributed by atoms with E-state index in [4.69, 9.17) is 5.11 Å². The quantitative estimate of drug-likeness (QED) is 0.184. The summed E-state index contributed by atoms with van der Waals surface area (Å²) in [5.41, 5.74) is 2.08. The van der Waals surface area contributed by atoms with Crippen molar-refractivity contribution in [1.29, 1.82) is 0 Å². The molecule has 45 heavy (non-hydrogen) atoms. The summed E-state index contributed by atoms with van der Waals surface area (Å²) in [6.07, 6.45) is 0.910. The maximum atomic E-state index is 14.1. The van der Waals surface area contributed by atoms with E-state index in [1.165, 1.54) is 11.8 Å². The lowest BCUT2D eigenvalue weighted by Gasteiger charge is -2.40. The molecule has 1 rings (SSSR count). The number of carboxylic acid groups (broad SMARTS) is 2. The average molecular weight is 631 g/mol. The zero-order valence-corrected chi connectivity index (χ0v) is 29.0. The molecule has 0 saturated heterocycles. The molecule has 4 atom stereocenters. The zero-order chi connectivity index (χ0) is 35.0. The highest BCUT2D eigenvalue weighted by Crippen LogP contribution is 2.30. The maximum Gasteiger partial charge on any atom is 0.326 e. The molecule has 252 valence electrons. The average Bonchev–Trinajstić information content (AvgIpc) is 2.90. The highest BCUT2D eigenvalue weighted by molar-refractivity contribution is 5.96. The first-order chi connectivity index (χ1) is 20.5. The molecule has 1 aromatic rings. The van der Waals surface area contributed by atoms with Crippen molar-refractivity contribution in [3.63, 3.8) is 0 Å². The molecule has 0 aromatic heterocycles. The van der Waals surface area contributed by atoms with Crippen molar-refractivity contribution in [2.75, 3.05) is 14.1 Å². The zero-order valence-electron chi connectivity index (χ0n) is 29.0. The number of rotatable bonds is 15. The number of nitrogens with zero attached hydrogens (tertiary/aromatic N) is 1. The SMILES string of the molecule is CN[C@H](C(=O)NC(C(=O)N(C)[C@H](/C=C(\C)C(=O)N[C@H](CCC(=O)O)C(=O)O)C(C)C)C(C)(C)C)C(C)(C)c1cc(C)cc(C)c1. The van der Waals surface area contributed by atoms with Crippen molar-refractivity contribution in [1.82, 2.24) is 20.9 Å². The summed E-state index contributed by atoms with van der Waals surface area (Å²) in [7, 11) is 3.33. The van der Waals surface area contributed by atoms with Gasteiger partial charge in [-0.2, -0.15) is 0 Å². The van der Waals surface area contributed by atoms with E-state index in [1.54, 1.807) is 20.2 Å². The molecule has 0 bridgehead atoms. The van der Waals surface area contributed by atoms with E-state index in [2.05, 4.69) is 34.1 Å². The molecule has 0 saturated carbocycles. The smallest absolute Gasteiger partial charge is 0.326 e. The van der Waals surface area contributed by atoms with E-state index in [0.29, 0.717) is 0 Å². The van der Waals surface area contributed by atoms with Crippen molar-refractivity contribution in [2.24, 2.45) is 11.3 Å². The van der Waals surface area contributed by atoms with E-state index in [1.807, 2.05) is 62.3 Å². The third-order valence-corrected chi connectivity index (χ3v) is 8.14. The van der Waals surface area contributed by atoms with Crippen LogP contribution in [0.15, 0.2) is 29.8 Å². The normalized spacial score (nSPS) is 15.1. The van der Waals surface area contributed by atoms with Crippen LogP contribution in [0.4, 0.5) is 0 Å². The third kappa shape index (κ3) is 11.0. The second kappa shape index (κ2) is 16.0. The fourth-order valence-electron chi connectivity index (χ4n) is 5.44. The van der Waals surface area contributed by atoms with Gasteiger partial charge in [-0.1, -0.05) is 83.9 Å². The lowest BCUT2D eigenvalue weighted by Crippen LogP contribution is -2.61. The minimum atomic E-state index is -1.37.